The highest BCUT2D eigenvalue weighted by atomic mass is 32.2. The fourth-order valence-corrected chi connectivity index (χ4v) is 5.36. The van der Waals surface area contributed by atoms with Gasteiger partial charge in [-0.05, 0) is 65.4 Å². The van der Waals surface area contributed by atoms with E-state index in [1.54, 1.807) is 48.5 Å². The first-order chi connectivity index (χ1) is 20.8. The van der Waals surface area contributed by atoms with Crippen molar-refractivity contribution in [3.63, 3.8) is 0 Å². The lowest BCUT2D eigenvalue weighted by Gasteiger charge is -2.28. The van der Waals surface area contributed by atoms with Crippen LogP contribution in [0.2, 0.25) is 0 Å². The molecule has 0 atom stereocenters. The maximum atomic E-state index is 13.0. The molecule has 0 bridgehead atoms. The molecule has 2 aliphatic rings. The largest absolute Gasteiger partial charge is 0.493 e. The van der Waals surface area contributed by atoms with Gasteiger partial charge >= 0.3 is 0 Å². The normalized spacial score (nSPS) is 16.0. The van der Waals surface area contributed by atoms with E-state index in [-0.39, 0.29) is 17.2 Å². The highest BCUT2D eigenvalue weighted by molar-refractivity contribution is 8.18. The number of ether oxygens (including phenoxy) is 3. The van der Waals surface area contributed by atoms with Crippen molar-refractivity contribution in [2.45, 2.75) is 6.61 Å². The Labute approximate surface area is 251 Å². The van der Waals surface area contributed by atoms with Gasteiger partial charge in [-0.3, -0.25) is 29.4 Å². The van der Waals surface area contributed by atoms with Crippen LogP contribution in [0.3, 0.4) is 0 Å². The standard InChI is InChI=1S/C30H28N4O8S/c1-40-26-16-20(5-10-25(26)42-19-21-3-2-4-24(15-21)34(38)39)17-27-29(36)33(30(37)43-27)18-28(35)31-22-6-8-23(9-7-22)32-11-13-41-14-12-32/h2-10,15-17H,11-14,18-19H2,1H3,(H,31,35)/b27-17+. The number of nitrogens with one attached hydrogen (secondary N) is 1. The Morgan fingerprint density at radius 2 is 1.84 bits per heavy atom. The smallest absolute Gasteiger partial charge is 0.294 e. The van der Waals surface area contributed by atoms with Gasteiger partial charge in [0.15, 0.2) is 11.5 Å². The van der Waals surface area contributed by atoms with Crippen LogP contribution in [0.25, 0.3) is 6.08 Å². The van der Waals surface area contributed by atoms with E-state index in [0.717, 1.165) is 35.4 Å². The molecule has 1 N–H and O–H groups in total. The van der Waals surface area contributed by atoms with E-state index in [1.807, 2.05) is 12.1 Å². The van der Waals surface area contributed by atoms with E-state index in [9.17, 15) is 24.5 Å². The maximum absolute atomic E-state index is 13.0. The summed E-state index contributed by atoms with van der Waals surface area (Å²) in [6.45, 7) is 2.60. The zero-order valence-corrected chi connectivity index (χ0v) is 24.0. The number of anilines is 2. The number of methoxy groups -OCH3 is 1. The molecular formula is C30H28N4O8S. The summed E-state index contributed by atoms with van der Waals surface area (Å²) >= 11 is 0.747. The fourth-order valence-electron chi connectivity index (χ4n) is 4.52. The Balaban J connectivity index is 1.19. The highest BCUT2D eigenvalue weighted by Crippen LogP contribution is 2.35. The van der Waals surface area contributed by atoms with Crippen LogP contribution >= 0.6 is 11.8 Å². The third-order valence-electron chi connectivity index (χ3n) is 6.70. The summed E-state index contributed by atoms with van der Waals surface area (Å²) < 4.78 is 16.6. The highest BCUT2D eigenvalue weighted by Gasteiger charge is 2.36. The predicted octanol–water partition coefficient (Wildman–Crippen LogP) is 4.69. The SMILES string of the molecule is COc1cc(/C=C2/SC(=O)N(CC(=O)Nc3ccc(N4CCOCC4)cc3)C2=O)ccc1OCc1cccc([N+](=O)[O-])c1. The summed E-state index contributed by atoms with van der Waals surface area (Å²) in [5.74, 6) is -0.293. The van der Waals surface area contributed by atoms with Crippen LogP contribution in [-0.4, -0.2) is 66.8 Å². The van der Waals surface area contributed by atoms with Gasteiger partial charge in [0.05, 0.1) is 30.2 Å². The molecule has 0 unspecified atom stereocenters. The van der Waals surface area contributed by atoms with Crippen LogP contribution in [0.4, 0.5) is 21.9 Å². The number of nitro groups is 1. The number of nitro benzene ring substituents is 1. The molecule has 0 spiro atoms. The molecular weight excluding hydrogens is 576 g/mol. The lowest BCUT2D eigenvalue weighted by molar-refractivity contribution is -0.384. The first-order valence-electron chi connectivity index (χ1n) is 13.3. The molecule has 12 nitrogen and oxygen atoms in total. The molecule has 2 fully saturated rings. The van der Waals surface area contributed by atoms with Crippen LogP contribution in [0, 0.1) is 10.1 Å². The van der Waals surface area contributed by atoms with Crippen molar-refractivity contribution in [2.24, 2.45) is 0 Å². The number of rotatable bonds is 10. The van der Waals surface area contributed by atoms with Crippen LogP contribution in [0.15, 0.2) is 71.6 Å². The van der Waals surface area contributed by atoms with Gasteiger partial charge < -0.3 is 24.4 Å². The number of thioether (sulfide) groups is 1. The van der Waals surface area contributed by atoms with Gasteiger partial charge in [0.25, 0.3) is 16.8 Å². The molecule has 3 aromatic carbocycles. The van der Waals surface area contributed by atoms with Crippen molar-refractivity contribution in [1.82, 2.24) is 4.90 Å². The average molecular weight is 605 g/mol. The zero-order chi connectivity index (χ0) is 30.3. The lowest BCUT2D eigenvalue weighted by Crippen LogP contribution is -2.36. The van der Waals surface area contributed by atoms with Gasteiger partial charge in [-0.1, -0.05) is 18.2 Å². The summed E-state index contributed by atoms with van der Waals surface area (Å²) in [5, 5.41) is 13.2. The minimum atomic E-state index is -0.571. The fraction of sp³-hybridized carbons (Fsp3) is 0.233. The van der Waals surface area contributed by atoms with Crippen molar-refractivity contribution in [3.05, 3.63) is 92.9 Å². The maximum Gasteiger partial charge on any atom is 0.294 e. The lowest BCUT2D eigenvalue weighted by atomic mass is 10.1. The summed E-state index contributed by atoms with van der Waals surface area (Å²) in [5.41, 5.74) is 2.74. The van der Waals surface area contributed by atoms with Gasteiger partial charge in [-0.15, -0.1) is 0 Å². The molecule has 2 aliphatic heterocycles. The molecule has 0 radical (unpaired) electrons. The Hall–Kier alpha value is -4.88. The number of hydrogen-bond acceptors (Lipinski definition) is 10. The molecule has 0 aromatic heterocycles. The van der Waals surface area contributed by atoms with E-state index in [4.69, 9.17) is 14.2 Å². The number of carbonyl (C=O) groups is 3. The minimum absolute atomic E-state index is 0.0343. The Morgan fingerprint density at radius 1 is 1.07 bits per heavy atom. The molecule has 2 saturated heterocycles. The van der Waals surface area contributed by atoms with Crippen molar-refractivity contribution in [3.8, 4) is 11.5 Å². The van der Waals surface area contributed by atoms with Crippen LogP contribution < -0.4 is 19.7 Å². The minimum Gasteiger partial charge on any atom is -0.493 e. The third-order valence-corrected chi connectivity index (χ3v) is 7.61. The molecule has 43 heavy (non-hydrogen) atoms. The Morgan fingerprint density at radius 3 is 2.56 bits per heavy atom. The van der Waals surface area contributed by atoms with Crippen molar-refractivity contribution < 1.29 is 33.5 Å². The molecule has 222 valence electrons. The van der Waals surface area contributed by atoms with Crippen LogP contribution in [-0.2, 0) is 20.9 Å². The van der Waals surface area contributed by atoms with Crippen molar-refractivity contribution in [2.75, 3.05) is 50.2 Å². The number of imide groups is 1. The topological polar surface area (TPSA) is 141 Å². The van der Waals surface area contributed by atoms with E-state index in [1.165, 1.54) is 19.2 Å². The summed E-state index contributed by atoms with van der Waals surface area (Å²) in [4.78, 5) is 52.1. The second-order valence-corrected chi connectivity index (χ2v) is 10.6. The van der Waals surface area contributed by atoms with E-state index >= 15 is 0 Å². The molecule has 13 heteroatoms. The number of amides is 3. The summed E-state index contributed by atoms with van der Waals surface area (Å²) in [6.07, 6.45) is 1.54. The predicted molar refractivity (Wildman–Crippen MR) is 161 cm³/mol. The van der Waals surface area contributed by atoms with Crippen molar-refractivity contribution >= 4 is 52.0 Å². The molecule has 3 aromatic rings. The molecule has 0 saturated carbocycles. The van der Waals surface area contributed by atoms with E-state index in [2.05, 4.69) is 10.2 Å². The summed E-state index contributed by atoms with van der Waals surface area (Å²) in [6, 6.07) is 18.5. The molecule has 2 heterocycles. The molecule has 3 amide bonds. The first-order valence-corrected chi connectivity index (χ1v) is 14.1. The number of benzene rings is 3. The third kappa shape index (κ3) is 7.31. The number of non-ortho nitro benzene ring substituents is 1. The van der Waals surface area contributed by atoms with Crippen molar-refractivity contribution in [1.29, 1.82) is 0 Å². The second-order valence-electron chi connectivity index (χ2n) is 9.59. The van der Waals surface area contributed by atoms with E-state index in [0.29, 0.717) is 41.5 Å². The zero-order valence-electron chi connectivity index (χ0n) is 23.2. The molecule has 5 rings (SSSR count). The second kappa shape index (κ2) is 13.4. The number of hydrogen-bond donors (Lipinski definition) is 1. The Bertz CT molecular complexity index is 1570. The quantitative estimate of drug-likeness (QED) is 0.197. The van der Waals surface area contributed by atoms with Gasteiger partial charge in [0, 0.05) is 36.6 Å². The Kier molecular flexibility index (Phi) is 9.23. The van der Waals surface area contributed by atoms with Crippen LogP contribution in [0.1, 0.15) is 11.1 Å². The average Bonchev–Trinajstić information content (AvgIpc) is 3.28. The van der Waals surface area contributed by atoms with E-state index < -0.39 is 28.5 Å². The first kappa shape index (κ1) is 29.6. The number of morpholine rings is 1. The van der Waals surface area contributed by atoms with Gasteiger partial charge in [-0.25, -0.2) is 0 Å². The van der Waals surface area contributed by atoms with Crippen LogP contribution in [0.5, 0.6) is 11.5 Å². The number of nitrogens with zero attached hydrogens (tertiary/aromatic N) is 3. The van der Waals surface area contributed by atoms with Gasteiger partial charge in [-0.2, -0.15) is 0 Å². The number of carbonyl (C=O) groups excluding carboxylic acids is 3. The molecule has 0 aliphatic carbocycles. The van der Waals surface area contributed by atoms with Gasteiger partial charge in [0.2, 0.25) is 5.91 Å². The summed E-state index contributed by atoms with van der Waals surface area (Å²) in [7, 11) is 1.46. The van der Waals surface area contributed by atoms with Gasteiger partial charge in [0.1, 0.15) is 13.2 Å². The monoisotopic (exact) mass is 604 g/mol.